The zero-order valence-corrected chi connectivity index (χ0v) is 51.7. The van der Waals surface area contributed by atoms with E-state index in [-0.39, 0.29) is 51.0 Å². The van der Waals surface area contributed by atoms with E-state index < -0.39 is 240 Å². The van der Waals surface area contributed by atoms with E-state index in [1.165, 1.54) is 54.6 Å². The van der Waals surface area contributed by atoms with Gasteiger partial charge in [-0.25, -0.2) is 9.59 Å². The van der Waals surface area contributed by atoms with Gasteiger partial charge >= 0.3 is 23.9 Å². The van der Waals surface area contributed by atoms with Crippen molar-refractivity contribution in [3.63, 3.8) is 0 Å². The maximum absolute atomic E-state index is 13.2. The van der Waals surface area contributed by atoms with Gasteiger partial charge in [0.05, 0.1) is 36.0 Å². The lowest BCUT2D eigenvalue weighted by Crippen LogP contribution is -2.60. The van der Waals surface area contributed by atoms with Crippen LogP contribution in [-0.4, -0.2) is 317 Å². The predicted molar refractivity (Wildman–Crippen MR) is 316 cm³/mol. The Morgan fingerprint density at radius 1 is 0.400 bits per heavy atom. The molecule has 5 saturated heterocycles. The van der Waals surface area contributed by atoms with Crippen LogP contribution in [0.1, 0.15) is 44.4 Å². The number of carboxylic acid groups (broad SMARTS) is 1. The molecule has 1 unspecified atom stereocenters. The molecule has 0 amide bonds. The number of aliphatic hydroxyl groups excluding tert-OH is 17. The molecular weight excluding hydrogens is 1350 g/mol. The van der Waals surface area contributed by atoms with Crippen molar-refractivity contribution < 1.29 is 188 Å². The van der Waals surface area contributed by atoms with Gasteiger partial charge < -0.3 is 168 Å². The molecule has 100 heavy (non-hydrogen) atoms. The number of phenolic OH excluding ortho intramolecular Hbond substituents is 2. The molecule has 0 spiro atoms. The lowest BCUT2D eigenvalue weighted by molar-refractivity contribution is -0.296. The Hall–Kier alpha value is -7.98. The van der Waals surface area contributed by atoms with Gasteiger partial charge in [0.1, 0.15) is 177 Å². The molecule has 5 fully saturated rings. The number of carbonyl (C=O) groups is 4. The van der Waals surface area contributed by atoms with Gasteiger partial charge in [-0.05, 0) is 66.7 Å². The number of carbonyl (C=O) groups excluding carboxylic acids is 3. The first-order valence-electron chi connectivity index (χ1n) is 30.6. The SMILES string of the molecule is O=C(O)CC(=O)OC[C@H]1O[C@@H](OC2=Cc3c(O)cc(O[C@@H]4O[C@@H](COC(=O)c5ccc(O[C@@H]6O[C@@H](CO)[C@@H](O)[C@H](O)[C@@H]6O)cc5)[C@@H](O)[C@H](O)[C@H]4O)cc3[OH+]C2c2ccc(O)c(O[C@@H]3O[C@H](COC(=O)c4ccc(O[C@@H]5O[C@H](CO)[C@@H](O)[C@H](O)[C@H]5O)cc4)[C@@H](O)[C@H](O)[C@@H]3O)c2)[C@H](O)[C@@H](O)[C@@H]1O. The molecule has 26 atom stereocenters. The third kappa shape index (κ3) is 16.5. The van der Waals surface area contributed by atoms with E-state index in [1.54, 1.807) is 0 Å². The number of aliphatic carboxylic acids is 1. The summed E-state index contributed by atoms with van der Waals surface area (Å²) in [5.74, 6) is -7.70. The molecule has 6 aliphatic rings. The van der Waals surface area contributed by atoms with Gasteiger partial charge in [-0.2, -0.15) is 0 Å². The molecule has 4 aromatic carbocycles. The summed E-state index contributed by atoms with van der Waals surface area (Å²) in [6, 6.07) is 15.3. The van der Waals surface area contributed by atoms with E-state index >= 15 is 0 Å². The quantitative estimate of drug-likeness (QED) is 0.0142. The minimum absolute atomic E-state index is 0.00178. The summed E-state index contributed by atoms with van der Waals surface area (Å²) in [6.07, 6.45) is -46.6. The lowest BCUT2D eigenvalue weighted by atomic mass is 9.98. The summed E-state index contributed by atoms with van der Waals surface area (Å²) >= 11 is 0. The number of hydrogen-bond donors (Lipinski definition) is 20. The molecule has 38 nitrogen and oxygen atoms in total. The van der Waals surface area contributed by atoms with E-state index in [4.69, 9.17) is 71.4 Å². The number of phenols is 2. The summed E-state index contributed by atoms with van der Waals surface area (Å²) in [5, 5.41) is 211. The molecule has 0 bridgehead atoms. The van der Waals surface area contributed by atoms with Crippen LogP contribution in [0.2, 0.25) is 0 Å². The highest BCUT2D eigenvalue weighted by Crippen LogP contribution is 2.48. The molecule has 0 radical (unpaired) electrons. The number of aliphatic hydroxyl groups is 18. The number of benzene rings is 4. The van der Waals surface area contributed by atoms with E-state index in [2.05, 4.69) is 0 Å². The molecule has 21 N–H and O–H groups in total. The molecule has 4 aromatic rings. The summed E-state index contributed by atoms with van der Waals surface area (Å²) in [7, 11) is 0. The molecule has 0 aromatic heterocycles. The number of rotatable bonds is 23. The Bertz CT molecular complexity index is 3500. The van der Waals surface area contributed by atoms with Gasteiger partial charge in [0.2, 0.25) is 31.5 Å². The van der Waals surface area contributed by atoms with Gasteiger partial charge in [0, 0.05) is 12.1 Å². The van der Waals surface area contributed by atoms with E-state index in [9.17, 15) is 116 Å². The lowest BCUT2D eigenvalue weighted by Gasteiger charge is -2.41. The molecule has 548 valence electrons. The number of ether oxygens (including phenoxy) is 14. The summed E-state index contributed by atoms with van der Waals surface area (Å²) < 4.78 is 77.3. The number of aromatic hydroxyl groups is 3. The fourth-order valence-electron chi connectivity index (χ4n) is 11.1. The van der Waals surface area contributed by atoms with Crippen molar-refractivity contribution in [1.82, 2.24) is 0 Å². The second kappa shape index (κ2) is 31.9. The average Bonchev–Trinajstić information content (AvgIpc) is 0.761. The van der Waals surface area contributed by atoms with Crippen molar-refractivity contribution in [1.29, 1.82) is 0 Å². The molecule has 38 heteroatoms. The van der Waals surface area contributed by atoms with Crippen molar-refractivity contribution in [3.8, 4) is 40.2 Å². The van der Waals surface area contributed by atoms with Crippen LogP contribution in [0.5, 0.6) is 40.2 Å². The topological polar surface area (TPSA) is 606 Å². The molecule has 0 saturated carbocycles. The van der Waals surface area contributed by atoms with Crippen LogP contribution in [0.4, 0.5) is 0 Å². The molecule has 6 heterocycles. The number of hydrogen-bond acceptors (Lipinski definition) is 36. The standard InChI is InChI=1S/C62H72O38/c63-16-33-40(70)45(75)50(80)58(96-33)90-24-6-1-21(2-7-24)56(85)88-19-36-43(73)47(77)52(82)60(98-36)92-26-12-29(66)27-14-32(95-62-54(84)48(78)42(72)35(99-62)18-87-39(69)15-38(67)68)55(93-30(27)13-26)23-5-10-28(65)31(11-23)94-61-53(83)49(79)44(74)37(100-61)20-89-57(86)22-3-8-25(9-4-22)91-59-51(81)46(76)41(71)34(17-64)97-59/h1-14,33-37,40-55,58-66,70-84H,15-20H2,(H,67,68)/p+1/t33-,34+,35+,36-,37+,40+,41+,42+,43+,44+,45-,46-,47-,48-,49-,50-,51+,52+,53-,54+,55?,58+,59+,60+,61+,62+/m0/s1. The van der Waals surface area contributed by atoms with E-state index in [0.717, 1.165) is 30.3 Å². The summed E-state index contributed by atoms with van der Waals surface area (Å²) in [4.78, 5) is 49.7. The number of carboxylic acids is 1. The van der Waals surface area contributed by atoms with Crippen LogP contribution in [0.15, 0.2) is 84.6 Å². The smallest absolute Gasteiger partial charge is 0.338 e. The predicted octanol–water partition coefficient (Wildman–Crippen LogP) is -7.28. The maximum atomic E-state index is 13.2. The Morgan fingerprint density at radius 3 is 1.20 bits per heavy atom. The largest absolute Gasteiger partial charge is 0.571 e. The first-order valence-corrected chi connectivity index (χ1v) is 30.6. The van der Waals surface area contributed by atoms with Crippen LogP contribution in [0, 0.1) is 0 Å². The average molecular weight is 1430 g/mol. The van der Waals surface area contributed by atoms with Crippen LogP contribution in [0.25, 0.3) is 6.08 Å². The first-order chi connectivity index (χ1) is 47.5. The van der Waals surface area contributed by atoms with E-state index in [1.807, 2.05) is 0 Å². The van der Waals surface area contributed by atoms with Crippen molar-refractivity contribution >= 4 is 30.0 Å². The van der Waals surface area contributed by atoms with Crippen molar-refractivity contribution in [3.05, 3.63) is 107 Å². The monoisotopic (exact) mass is 1430 g/mol. The van der Waals surface area contributed by atoms with Gasteiger partial charge in [0.25, 0.3) is 11.9 Å². The Labute approximate surface area is 562 Å². The highest BCUT2D eigenvalue weighted by Gasteiger charge is 2.51. The third-order valence-corrected chi connectivity index (χ3v) is 16.8. The molecule has 0 aliphatic carbocycles. The minimum atomic E-state index is -2.12. The maximum Gasteiger partial charge on any atom is 0.338 e. The minimum Gasteiger partial charge on any atom is -0.571 e. The molecule has 6 aliphatic heterocycles. The summed E-state index contributed by atoms with van der Waals surface area (Å²) in [5.41, 5.74) is -0.466. The second-order valence-electron chi connectivity index (χ2n) is 23.7. The van der Waals surface area contributed by atoms with Crippen molar-refractivity contribution in [2.75, 3.05) is 33.0 Å². The van der Waals surface area contributed by atoms with Crippen LogP contribution in [0.3, 0.4) is 0 Å². The van der Waals surface area contributed by atoms with Gasteiger partial charge in [-0.1, -0.05) is 0 Å². The van der Waals surface area contributed by atoms with Gasteiger partial charge in [0.15, 0.2) is 17.3 Å². The number of fused-ring (bicyclic) bond motifs is 1. The van der Waals surface area contributed by atoms with E-state index in [0.29, 0.717) is 0 Å². The first kappa shape index (κ1) is 74.7. The Kier molecular flexibility index (Phi) is 23.8. The Morgan fingerprint density at radius 2 is 0.780 bits per heavy atom. The zero-order valence-electron chi connectivity index (χ0n) is 51.7. The highest BCUT2D eigenvalue weighted by atomic mass is 16.7. The summed E-state index contributed by atoms with van der Waals surface area (Å²) in [6.45, 7) is -3.91. The normalized spacial score (nSPS) is 35.7. The zero-order chi connectivity index (χ0) is 72.3. The molecular formula is C62H73O38+. The second-order valence-corrected chi connectivity index (χ2v) is 23.7. The third-order valence-electron chi connectivity index (χ3n) is 16.8. The van der Waals surface area contributed by atoms with Crippen LogP contribution >= 0.6 is 0 Å². The Balaban J connectivity index is 0.849. The van der Waals surface area contributed by atoms with Crippen molar-refractivity contribution in [2.24, 2.45) is 0 Å². The van der Waals surface area contributed by atoms with Gasteiger partial charge in [-0.3, -0.25) is 9.59 Å². The fraction of sp³-hybridized carbons (Fsp3) is 0.516. The van der Waals surface area contributed by atoms with Crippen LogP contribution in [-0.2, 0) is 52.2 Å². The van der Waals surface area contributed by atoms with Gasteiger partial charge in [-0.15, -0.1) is 0 Å². The van der Waals surface area contributed by atoms with Crippen molar-refractivity contribution in [2.45, 2.75) is 166 Å². The fourth-order valence-corrected chi connectivity index (χ4v) is 11.1. The number of esters is 3. The highest BCUT2D eigenvalue weighted by molar-refractivity contribution is 5.90. The van der Waals surface area contributed by atoms with Crippen LogP contribution < -0.4 is 18.9 Å². The molecule has 10 rings (SSSR count).